The van der Waals surface area contributed by atoms with E-state index < -0.39 is 23.9 Å². The summed E-state index contributed by atoms with van der Waals surface area (Å²) in [5, 5.41) is 3.59. The van der Waals surface area contributed by atoms with E-state index >= 15 is 0 Å². The fourth-order valence-electron chi connectivity index (χ4n) is 4.41. The van der Waals surface area contributed by atoms with Gasteiger partial charge in [-0.25, -0.2) is 15.0 Å². The highest BCUT2D eigenvalue weighted by atomic mass is 32.1. The first kappa shape index (κ1) is 27.4. The normalized spacial score (nSPS) is 15.7. The Balaban J connectivity index is 1.47. The van der Waals surface area contributed by atoms with Gasteiger partial charge in [-0.05, 0) is 37.6 Å². The smallest absolute Gasteiger partial charge is 0.451 e. The summed E-state index contributed by atoms with van der Waals surface area (Å²) in [6.07, 6.45) is 9.29. The van der Waals surface area contributed by atoms with Gasteiger partial charge in [-0.3, -0.25) is 4.79 Å². The zero-order valence-corrected chi connectivity index (χ0v) is 22.9. The number of anilines is 1. The monoisotopic (exact) mass is 568 g/mol. The van der Waals surface area contributed by atoms with E-state index in [1.54, 1.807) is 25.3 Å². The lowest BCUT2D eigenvalue weighted by molar-refractivity contribution is -0.145. The summed E-state index contributed by atoms with van der Waals surface area (Å²) in [6.45, 7) is 5.32. The van der Waals surface area contributed by atoms with Gasteiger partial charge in [-0.1, -0.05) is 12.2 Å². The van der Waals surface area contributed by atoms with Crippen LogP contribution in [0.4, 0.5) is 18.9 Å². The Labute approximate surface area is 233 Å². The van der Waals surface area contributed by atoms with Crippen LogP contribution < -0.4 is 15.0 Å². The molecular weight excluding hydrogens is 541 g/mol. The molecule has 3 aromatic rings. The largest absolute Gasteiger partial charge is 0.489 e. The van der Waals surface area contributed by atoms with E-state index in [0.717, 1.165) is 33.5 Å². The molecule has 1 N–H and O–H groups in total. The number of allylic oxidation sites excluding steroid dienone is 2. The molecule has 2 aromatic heterocycles. The molecule has 0 fully saturated rings. The average molecular weight is 569 g/mol. The second kappa shape index (κ2) is 11.1. The van der Waals surface area contributed by atoms with E-state index in [1.807, 2.05) is 49.5 Å². The number of halogens is 3. The standard InChI is InChI=1S/C28H27F3N6O2S/c1-17-12-32-26(40-17)22-10-20(25(38)35-18(2)21-13-33-27(34-14-21)28(29,30)31)11-23-24(22)39-9-8-37(23)16-19-6-4-5-7-36(3)15-19/h4-7,10-15,18H,8-9,16H2,1-3H3,(H,35,38). The number of benzene rings is 1. The Bertz CT molecular complexity index is 1500. The van der Waals surface area contributed by atoms with E-state index in [0.29, 0.717) is 42.1 Å². The summed E-state index contributed by atoms with van der Waals surface area (Å²) in [5.41, 5.74) is 3.28. The van der Waals surface area contributed by atoms with Crippen LogP contribution in [0.2, 0.25) is 0 Å². The first-order valence-corrected chi connectivity index (χ1v) is 13.4. The zero-order valence-electron chi connectivity index (χ0n) is 22.1. The number of amides is 1. The SMILES string of the molecule is Cc1cnc(-c2cc(C(=O)NC(C)c3cnc(C(F)(F)F)nc3)cc3c2OCCN3CC2=CN(C)C=CC=C2)s1. The number of fused-ring (bicyclic) bond motifs is 1. The Kier molecular flexibility index (Phi) is 7.61. The van der Waals surface area contributed by atoms with E-state index in [-0.39, 0.29) is 0 Å². The molecular formula is C28H27F3N6O2S. The van der Waals surface area contributed by atoms with Crippen LogP contribution in [0.1, 0.15) is 39.6 Å². The van der Waals surface area contributed by atoms with Gasteiger partial charge in [0.1, 0.15) is 11.6 Å². The Hall–Kier alpha value is -4.19. The Morgan fingerprint density at radius 3 is 2.65 bits per heavy atom. The summed E-state index contributed by atoms with van der Waals surface area (Å²) >= 11 is 1.50. The molecule has 40 heavy (non-hydrogen) atoms. The van der Waals surface area contributed by atoms with Crippen molar-refractivity contribution in [2.24, 2.45) is 0 Å². The molecule has 2 aliphatic heterocycles. The predicted octanol–water partition coefficient (Wildman–Crippen LogP) is 5.52. The zero-order chi connectivity index (χ0) is 28.4. The number of hydrogen-bond donors (Lipinski definition) is 1. The highest BCUT2D eigenvalue weighted by Gasteiger charge is 2.34. The molecule has 0 saturated carbocycles. The van der Waals surface area contributed by atoms with E-state index in [1.165, 1.54) is 11.3 Å². The van der Waals surface area contributed by atoms with Crippen LogP contribution in [0, 0.1) is 6.92 Å². The van der Waals surface area contributed by atoms with Gasteiger partial charge in [0.2, 0.25) is 5.82 Å². The first-order chi connectivity index (χ1) is 19.1. The molecule has 4 heterocycles. The summed E-state index contributed by atoms with van der Waals surface area (Å²) in [6, 6.07) is 2.90. The molecule has 12 heteroatoms. The lowest BCUT2D eigenvalue weighted by Gasteiger charge is -2.33. The maximum absolute atomic E-state index is 13.5. The molecule has 1 amide bonds. The van der Waals surface area contributed by atoms with Crippen molar-refractivity contribution in [3.05, 3.63) is 88.8 Å². The summed E-state index contributed by atoms with van der Waals surface area (Å²) < 4.78 is 44.7. The number of aromatic nitrogens is 3. The highest BCUT2D eigenvalue weighted by Crippen LogP contribution is 2.43. The number of alkyl halides is 3. The Morgan fingerprint density at radius 1 is 1.18 bits per heavy atom. The van der Waals surface area contributed by atoms with Crippen molar-refractivity contribution in [2.75, 3.05) is 31.6 Å². The third kappa shape index (κ3) is 6.01. The molecule has 0 spiro atoms. The number of thiazole rings is 1. The van der Waals surface area contributed by atoms with Crippen molar-refractivity contribution in [2.45, 2.75) is 26.1 Å². The molecule has 8 nitrogen and oxygen atoms in total. The summed E-state index contributed by atoms with van der Waals surface area (Å²) in [4.78, 5) is 30.0. The second-order valence-electron chi connectivity index (χ2n) is 9.52. The first-order valence-electron chi connectivity index (χ1n) is 12.5. The maximum atomic E-state index is 13.5. The average Bonchev–Trinajstić information content (AvgIpc) is 3.25. The quantitative estimate of drug-likeness (QED) is 0.420. The topological polar surface area (TPSA) is 83.5 Å². The molecule has 0 bridgehead atoms. The fraction of sp³-hybridized carbons (Fsp3) is 0.286. The molecule has 5 rings (SSSR count). The molecule has 0 aliphatic carbocycles. The van der Waals surface area contributed by atoms with Gasteiger partial charge in [0.15, 0.2) is 5.75 Å². The molecule has 2 aliphatic rings. The number of carbonyl (C=O) groups excluding carboxylic acids is 1. The van der Waals surface area contributed by atoms with E-state index in [4.69, 9.17) is 4.74 Å². The lowest BCUT2D eigenvalue weighted by atomic mass is 10.0. The molecule has 208 valence electrons. The van der Waals surface area contributed by atoms with Gasteiger partial charge in [0, 0.05) is 60.6 Å². The number of aryl methyl sites for hydroxylation is 1. The summed E-state index contributed by atoms with van der Waals surface area (Å²) in [7, 11) is 1.96. The van der Waals surface area contributed by atoms with Crippen LogP contribution in [0.15, 0.2) is 66.9 Å². The van der Waals surface area contributed by atoms with Crippen LogP contribution in [0.3, 0.4) is 0 Å². The van der Waals surface area contributed by atoms with Crippen LogP contribution in [0.5, 0.6) is 5.75 Å². The molecule has 0 saturated heterocycles. The molecule has 1 unspecified atom stereocenters. The molecule has 1 atom stereocenters. The summed E-state index contributed by atoms with van der Waals surface area (Å²) in [5.74, 6) is -0.965. The van der Waals surface area contributed by atoms with Gasteiger partial charge >= 0.3 is 6.18 Å². The predicted molar refractivity (Wildman–Crippen MR) is 147 cm³/mol. The van der Waals surface area contributed by atoms with Crippen LogP contribution in [0.25, 0.3) is 10.6 Å². The molecule has 1 aromatic carbocycles. The van der Waals surface area contributed by atoms with Gasteiger partial charge < -0.3 is 19.9 Å². The highest BCUT2D eigenvalue weighted by molar-refractivity contribution is 7.15. The minimum atomic E-state index is -4.64. The van der Waals surface area contributed by atoms with Gasteiger partial charge in [0.05, 0.1) is 23.8 Å². The van der Waals surface area contributed by atoms with Crippen molar-refractivity contribution in [1.82, 2.24) is 25.2 Å². The number of nitrogens with one attached hydrogen (secondary N) is 1. The third-order valence-electron chi connectivity index (χ3n) is 6.39. The van der Waals surface area contributed by atoms with Crippen molar-refractivity contribution >= 4 is 22.9 Å². The van der Waals surface area contributed by atoms with Crippen molar-refractivity contribution < 1.29 is 22.7 Å². The van der Waals surface area contributed by atoms with Gasteiger partial charge in [-0.2, -0.15) is 13.2 Å². The second-order valence-corrected chi connectivity index (χ2v) is 10.8. The van der Waals surface area contributed by atoms with Crippen LogP contribution >= 0.6 is 11.3 Å². The van der Waals surface area contributed by atoms with Gasteiger partial charge in [-0.15, -0.1) is 11.3 Å². The van der Waals surface area contributed by atoms with Crippen molar-refractivity contribution in [1.29, 1.82) is 0 Å². The van der Waals surface area contributed by atoms with E-state index in [2.05, 4.69) is 25.2 Å². The fourth-order valence-corrected chi connectivity index (χ4v) is 5.19. The number of hydrogen-bond acceptors (Lipinski definition) is 8. The third-order valence-corrected chi connectivity index (χ3v) is 7.34. The van der Waals surface area contributed by atoms with Crippen molar-refractivity contribution in [3.63, 3.8) is 0 Å². The maximum Gasteiger partial charge on any atom is 0.451 e. The number of ether oxygens (including phenoxy) is 1. The number of rotatable bonds is 6. The number of carbonyl (C=O) groups is 1. The van der Waals surface area contributed by atoms with Gasteiger partial charge in [0.25, 0.3) is 5.91 Å². The number of nitrogens with zero attached hydrogens (tertiary/aromatic N) is 5. The van der Waals surface area contributed by atoms with Crippen LogP contribution in [-0.2, 0) is 6.18 Å². The van der Waals surface area contributed by atoms with E-state index in [9.17, 15) is 18.0 Å². The van der Waals surface area contributed by atoms with Crippen LogP contribution in [-0.4, -0.2) is 52.5 Å². The minimum Gasteiger partial charge on any atom is -0.489 e. The Morgan fingerprint density at radius 2 is 1.95 bits per heavy atom. The minimum absolute atomic E-state index is 0.352. The lowest BCUT2D eigenvalue weighted by Crippen LogP contribution is -2.35. The molecule has 0 radical (unpaired) electrons. The van der Waals surface area contributed by atoms with Crippen molar-refractivity contribution in [3.8, 4) is 16.3 Å².